The van der Waals surface area contributed by atoms with Crippen LogP contribution in [0.2, 0.25) is 0 Å². The second kappa shape index (κ2) is 45.7. The number of carbonyl (C=O) groups is 14. The second-order valence-corrected chi connectivity index (χ2v) is 29.8. The average Bonchev–Trinajstić information content (AvgIpc) is 1.75. The summed E-state index contributed by atoms with van der Waals surface area (Å²) in [5.41, 5.74) is 18.5. The second-order valence-electron chi connectivity index (χ2n) is 29.8. The third-order valence-corrected chi connectivity index (χ3v) is 17.7. The van der Waals surface area contributed by atoms with Crippen LogP contribution in [0.15, 0.2) is 30.3 Å². The molecule has 0 radical (unpaired) electrons. The molecule has 1 aromatic carbocycles. The Bertz CT molecular complexity index is 2970. The Morgan fingerprint density at radius 1 is 0.485 bits per heavy atom. The van der Waals surface area contributed by atoms with E-state index in [2.05, 4.69) is 58.5 Å². The summed E-state index contributed by atoms with van der Waals surface area (Å²) in [5.74, 6) is -13.3. The number of hydrogen-bond donors (Lipinski definition) is 16. The summed E-state index contributed by atoms with van der Waals surface area (Å²) in [4.78, 5) is 194. The molecule has 1 aliphatic heterocycles. The molecule has 1 fully saturated rings. The molecule has 0 aliphatic carbocycles. The van der Waals surface area contributed by atoms with Crippen LogP contribution in [0, 0.1) is 41.4 Å². The van der Waals surface area contributed by atoms with E-state index >= 15 is 0 Å². The van der Waals surface area contributed by atoms with Crippen molar-refractivity contribution in [3.05, 3.63) is 35.9 Å². The third-order valence-electron chi connectivity index (χ3n) is 17.7. The monoisotopic (exact) mass is 1450 g/mol. The van der Waals surface area contributed by atoms with Crippen molar-refractivity contribution in [3.63, 3.8) is 0 Å². The summed E-state index contributed by atoms with van der Waals surface area (Å²) in [6.45, 7) is 25.7. The number of unbranched alkanes of at least 4 members (excludes halogenated alkanes) is 1. The van der Waals surface area contributed by atoms with Gasteiger partial charge in [0.05, 0.1) is 12.6 Å². The minimum atomic E-state index is -1.78. The Balaban J connectivity index is 2.33. The van der Waals surface area contributed by atoms with Crippen molar-refractivity contribution in [3.8, 4) is 0 Å². The van der Waals surface area contributed by atoms with Crippen LogP contribution < -0.4 is 75.7 Å². The lowest BCUT2D eigenvalue weighted by molar-refractivity contribution is -0.143. The molecule has 0 aromatic heterocycles. The predicted molar refractivity (Wildman–Crippen MR) is 387 cm³/mol. The lowest BCUT2D eigenvalue weighted by Crippen LogP contribution is -2.61. The molecular formula is C72H123N15O16. The fourth-order valence-electron chi connectivity index (χ4n) is 11.8. The zero-order valence-electron chi connectivity index (χ0n) is 63.2. The van der Waals surface area contributed by atoms with Crippen molar-refractivity contribution in [2.45, 2.75) is 272 Å². The minimum absolute atomic E-state index is 0.0167. The van der Waals surface area contributed by atoms with Gasteiger partial charge in [-0.15, -0.1) is 0 Å². The van der Waals surface area contributed by atoms with E-state index in [-0.39, 0.29) is 94.0 Å². The zero-order chi connectivity index (χ0) is 78.1. The first-order valence-corrected chi connectivity index (χ1v) is 36.5. The number of nitrogens with zero attached hydrogens (tertiary/aromatic N) is 1. The number of rotatable bonds is 47. The van der Waals surface area contributed by atoms with Crippen LogP contribution >= 0.6 is 0 Å². The number of amides is 13. The number of carboxylic acid groups (broad SMARTS) is 1. The van der Waals surface area contributed by atoms with E-state index in [1.54, 1.807) is 62.3 Å². The fourth-order valence-corrected chi connectivity index (χ4v) is 11.8. The summed E-state index contributed by atoms with van der Waals surface area (Å²) in [6, 6.07) is -7.24. The van der Waals surface area contributed by atoms with Crippen molar-refractivity contribution >= 4 is 82.8 Å². The normalized spacial score (nSPS) is 16.8. The van der Waals surface area contributed by atoms with E-state index in [4.69, 9.17) is 17.2 Å². The maximum absolute atomic E-state index is 14.4. The molecule has 1 heterocycles. The molecule has 582 valence electrons. The molecule has 1 aromatic rings. The minimum Gasteiger partial charge on any atom is -0.481 e. The van der Waals surface area contributed by atoms with Gasteiger partial charge in [-0.1, -0.05) is 134 Å². The number of nitrogens with two attached hydrogens (primary N) is 3. The molecule has 13 amide bonds. The number of aliphatic carboxylic acids is 1. The van der Waals surface area contributed by atoms with Gasteiger partial charge in [-0.3, -0.25) is 67.1 Å². The van der Waals surface area contributed by atoms with Crippen molar-refractivity contribution < 1.29 is 77.3 Å². The Morgan fingerprint density at radius 2 is 0.903 bits per heavy atom. The number of primary amides is 1. The van der Waals surface area contributed by atoms with Crippen molar-refractivity contribution in [1.29, 1.82) is 0 Å². The smallest absolute Gasteiger partial charge is 0.303 e. The first-order chi connectivity index (χ1) is 48.2. The Morgan fingerprint density at radius 3 is 1.36 bits per heavy atom. The van der Waals surface area contributed by atoms with Crippen LogP contribution in [-0.2, 0) is 73.5 Å². The van der Waals surface area contributed by atoms with Gasteiger partial charge in [-0.2, -0.15) is 0 Å². The molecule has 0 unspecified atom stereocenters. The molecule has 1 saturated heterocycles. The van der Waals surface area contributed by atoms with Crippen LogP contribution in [0.1, 0.15) is 193 Å². The largest absolute Gasteiger partial charge is 0.481 e. The van der Waals surface area contributed by atoms with Crippen LogP contribution in [0.5, 0.6) is 0 Å². The van der Waals surface area contributed by atoms with Crippen molar-refractivity contribution in [2.24, 2.45) is 58.6 Å². The molecule has 0 spiro atoms. The predicted octanol–water partition coefficient (Wildman–Crippen LogP) is 0.304. The Kier molecular flexibility index (Phi) is 40.3. The lowest BCUT2D eigenvalue weighted by atomic mass is 9.96. The van der Waals surface area contributed by atoms with Gasteiger partial charge in [-0.25, -0.2) is 0 Å². The van der Waals surface area contributed by atoms with Gasteiger partial charge in [0.15, 0.2) is 0 Å². The van der Waals surface area contributed by atoms with Gasteiger partial charge in [-0.05, 0) is 138 Å². The molecule has 19 N–H and O–H groups in total. The molecule has 103 heavy (non-hydrogen) atoms. The molecule has 0 saturated carbocycles. The highest BCUT2D eigenvalue weighted by atomic mass is 16.4. The van der Waals surface area contributed by atoms with Gasteiger partial charge in [0.1, 0.15) is 72.5 Å². The summed E-state index contributed by atoms with van der Waals surface area (Å²) < 4.78 is 0. The zero-order valence-corrected chi connectivity index (χ0v) is 63.2. The first-order valence-electron chi connectivity index (χ1n) is 36.5. The number of aliphatic hydroxyl groups is 1. The maximum Gasteiger partial charge on any atom is 0.303 e. The molecule has 0 bridgehead atoms. The molecule has 1 aliphatic rings. The fraction of sp³-hybridized carbons (Fsp3) is 0.722. The van der Waals surface area contributed by atoms with Crippen molar-refractivity contribution in [1.82, 2.24) is 63.4 Å². The van der Waals surface area contributed by atoms with Gasteiger partial charge >= 0.3 is 5.97 Å². The summed E-state index contributed by atoms with van der Waals surface area (Å²) in [7, 11) is 0. The number of likely N-dealkylation sites (tertiary alicyclic amines) is 1. The molecule has 31 nitrogen and oxygen atoms in total. The van der Waals surface area contributed by atoms with Gasteiger partial charge < -0.3 is 90.8 Å². The average molecular weight is 1450 g/mol. The Labute approximate surface area is 607 Å². The first kappa shape index (κ1) is 90.8. The van der Waals surface area contributed by atoms with Gasteiger partial charge in [0.25, 0.3) is 0 Å². The van der Waals surface area contributed by atoms with Crippen molar-refractivity contribution in [2.75, 3.05) is 19.7 Å². The van der Waals surface area contributed by atoms with E-state index in [1.165, 1.54) is 11.8 Å². The number of nitrogens with one attached hydrogen (secondary N) is 11. The SMILES string of the molecule is CC[C@H](C)[C@H](NC(=O)[C@@H]1CCCN1C(=O)[C@H](CC(C)C)NC(=O)[C@@H](N)Cc1ccccc1)C(=O)N[C@H](C(=O)N[C@@H](C)C(=O)N[C@@H](CCCCN)C(=O)N[C@@H](CC(C)C)C(=O)N[C@@H](CC(C)C)C(=O)N[C@@H](CO)C(=O)N[C@@H](CCC(=O)O)C(=O)N[C@@H](CC(C)C)C(=O)N[C@@H](CC(C)C)C(N)=O)C(C)C. The number of hydrogen-bond acceptors (Lipinski definition) is 17. The summed E-state index contributed by atoms with van der Waals surface area (Å²) in [6.07, 6.45) is 1.59. The standard InChI is InChI=1S/C72H123N15O16/c1-16-44(14)59(86-69(100)56-26-22-30-87(56)72(103)54(35-42(10)11)83-62(93)47(74)36-46-23-18-17-19-24-46)71(102)85-58(43(12)13)70(101)76-45(15)61(92)77-48(25-20-21-29-73)63(94)80-52(33-40(6)7)66(97)82-53(34-41(8)9)67(98)84-55(37-88)68(99)78-49(27-28-57(89)90)64(95)81-51(32-39(4)5)65(96)79-50(60(75)91)31-38(2)3/h17-19,23-24,38-45,47-56,58-59,88H,16,20-22,25-37,73-74H2,1-15H3,(H2,75,91)(H,76,101)(H,77,92)(H,78,99)(H,79,96)(H,80,94)(H,81,95)(H,82,97)(H,83,93)(H,84,98)(H,85,102)(H,86,100)(H,89,90)/t44-,45-,47-,48-,49-,50-,51-,52-,53-,54-,55-,56-,58-,59-/m0/s1. The third kappa shape index (κ3) is 32.5. The van der Waals surface area contributed by atoms with E-state index < -0.39 is 193 Å². The van der Waals surface area contributed by atoms with E-state index in [9.17, 15) is 77.3 Å². The van der Waals surface area contributed by atoms with E-state index in [0.29, 0.717) is 25.7 Å². The van der Waals surface area contributed by atoms with Crippen LogP contribution in [0.4, 0.5) is 0 Å². The van der Waals surface area contributed by atoms with E-state index in [0.717, 1.165) is 5.56 Å². The van der Waals surface area contributed by atoms with Crippen LogP contribution in [0.3, 0.4) is 0 Å². The number of aliphatic hydroxyl groups excluding tert-OH is 1. The topological polar surface area (TPSA) is 493 Å². The maximum atomic E-state index is 14.4. The molecule has 31 heteroatoms. The van der Waals surface area contributed by atoms with Gasteiger partial charge in [0.2, 0.25) is 76.8 Å². The highest BCUT2D eigenvalue weighted by molar-refractivity contribution is 6.00. The Hall–Kier alpha value is -8.32. The van der Waals surface area contributed by atoms with Gasteiger partial charge in [0, 0.05) is 13.0 Å². The molecule has 2 rings (SSSR count). The molecule has 14 atom stereocenters. The summed E-state index contributed by atoms with van der Waals surface area (Å²) >= 11 is 0. The van der Waals surface area contributed by atoms with E-state index in [1.807, 2.05) is 65.0 Å². The number of benzene rings is 1. The molecular weight excluding hydrogens is 1330 g/mol. The highest BCUT2D eigenvalue weighted by Crippen LogP contribution is 2.23. The number of carboxylic acids is 1. The van der Waals surface area contributed by atoms with Crippen LogP contribution in [-0.4, -0.2) is 196 Å². The van der Waals surface area contributed by atoms with Crippen LogP contribution in [0.25, 0.3) is 0 Å². The number of carbonyl (C=O) groups excluding carboxylic acids is 13. The highest BCUT2D eigenvalue weighted by Gasteiger charge is 2.42. The lowest BCUT2D eigenvalue weighted by Gasteiger charge is -2.32. The quantitative estimate of drug-likeness (QED) is 0.0390. The summed E-state index contributed by atoms with van der Waals surface area (Å²) in [5, 5.41) is 49.1.